The number of hydrogen-bond donors (Lipinski definition) is 1. The Morgan fingerprint density at radius 1 is 1.33 bits per heavy atom. The second-order valence-corrected chi connectivity index (χ2v) is 4.38. The van der Waals surface area contributed by atoms with E-state index in [0.29, 0.717) is 13.0 Å². The SMILES string of the molecule is CSCc1cc(C)cc(OCCCO)c1. The molecule has 0 aliphatic rings. The van der Waals surface area contributed by atoms with Gasteiger partial charge >= 0.3 is 0 Å². The summed E-state index contributed by atoms with van der Waals surface area (Å²) in [5, 5.41) is 8.65. The minimum atomic E-state index is 0.184. The third kappa shape index (κ3) is 4.58. The number of thioether (sulfide) groups is 1. The number of ether oxygens (including phenoxy) is 1. The predicted molar refractivity (Wildman–Crippen MR) is 65.6 cm³/mol. The Bertz CT molecular complexity index is 300. The number of benzene rings is 1. The topological polar surface area (TPSA) is 29.5 Å². The van der Waals surface area contributed by atoms with Gasteiger partial charge in [0.1, 0.15) is 5.75 Å². The van der Waals surface area contributed by atoms with Gasteiger partial charge in [-0.25, -0.2) is 0 Å². The summed E-state index contributed by atoms with van der Waals surface area (Å²) in [6.07, 6.45) is 2.78. The molecule has 0 spiro atoms. The largest absolute Gasteiger partial charge is 0.493 e. The van der Waals surface area contributed by atoms with E-state index < -0.39 is 0 Å². The molecule has 0 radical (unpaired) electrons. The average Bonchev–Trinajstić information content (AvgIpc) is 2.18. The van der Waals surface area contributed by atoms with Gasteiger partial charge in [0.05, 0.1) is 6.61 Å². The fraction of sp³-hybridized carbons (Fsp3) is 0.500. The highest BCUT2D eigenvalue weighted by Crippen LogP contribution is 2.19. The lowest BCUT2D eigenvalue weighted by molar-refractivity contribution is 0.233. The number of rotatable bonds is 6. The second-order valence-electron chi connectivity index (χ2n) is 3.51. The molecule has 3 heteroatoms. The fourth-order valence-corrected chi connectivity index (χ4v) is 1.91. The number of aliphatic hydroxyl groups is 1. The Morgan fingerprint density at radius 2 is 2.13 bits per heavy atom. The monoisotopic (exact) mass is 226 g/mol. The summed E-state index contributed by atoms with van der Waals surface area (Å²) in [7, 11) is 0. The summed E-state index contributed by atoms with van der Waals surface area (Å²) in [5.74, 6) is 1.92. The molecule has 0 aliphatic heterocycles. The lowest BCUT2D eigenvalue weighted by Gasteiger charge is -2.08. The maximum absolute atomic E-state index is 8.65. The maximum Gasteiger partial charge on any atom is 0.119 e. The molecule has 15 heavy (non-hydrogen) atoms. The number of aryl methyl sites for hydroxylation is 1. The lowest BCUT2D eigenvalue weighted by Crippen LogP contribution is -2.00. The van der Waals surface area contributed by atoms with E-state index in [-0.39, 0.29) is 6.61 Å². The van der Waals surface area contributed by atoms with E-state index in [9.17, 15) is 0 Å². The molecule has 2 nitrogen and oxygen atoms in total. The van der Waals surface area contributed by atoms with Crippen LogP contribution in [-0.2, 0) is 5.75 Å². The fourth-order valence-electron chi connectivity index (χ4n) is 1.41. The van der Waals surface area contributed by atoms with Crippen LogP contribution in [0.15, 0.2) is 18.2 Å². The quantitative estimate of drug-likeness (QED) is 0.756. The molecule has 1 N–H and O–H groups in total. The van der Waals surface area contributed by atoms with Gasteiger partial charge in [0.15, 0.2) is 0 Å². The van der Waals surface area contributed by atoms with Crippen molar-refractivity contribution in [1.29, 1.82) is 0 Å². The molecule has 0 bridgehead atoms. The first kappa shape index (κ1) is 12.4. The van der Waals surface area contributed by atoms with E-state index in [0.717, 1.165) is 11.5 Å². The first-order chi connectivity index (χ1) is 7.26. The Morgan fingerprint density at radius 3 is 2.80 bits per heavy atom. The molecule has 0 atom stereocenters. The van der Waals surface area contributed by atoms with E-state index in [1.54, 1.807) is 11.8 Å². The summed E-state index contributed by atoms with van der Waals surface area (Å²) >= 11 is 1.80. The van der Waals surface area contributed by atoms with E-state index in [4.69, 9.17) is 9.84 Å². The van der Waals surface area contributed by atoms with Gasteiger partial charge in [-0.3, -0.25) is 0 Å². The van der Waals surface area contributed by atoms with Crippen LogP contribution in [0.3, 0.4) is 0 Å². The van der Waals surface area contributed by atoms with Crippen molar-refractivity contribution in [2.45, 2.75) is 19.1 Å². The molecule has 0 amide bonds. The molecule has 0 fully saturated rings. The Balaban J connectivity index is 2.62. The van der Waals surface area contributed by atoms with Crippen molar-refractivity contribution in [3.8, 4) is 5.75 Å². The summed E-state index contributed by atoms with van der Waals surface area (Å²) in [5.41, 5.74) is 2.52. The highest BCUT2D eigenvalue weighted by atomic mass is 32.2. The molecule has 1 aromatic carbocycles. The summed E-state index contributed by atoms with van der Waals surface area (Å²) < 4.78 is 5.54. The molecule has 0 aromatic heterocycles. The van der Waals surface area contributed by atoms with Crippen LogP contribution in [0.2, 0.25) is 0 Å². The van der Waals surface area contributed by atoms with E-state index >= 15 is 0 Å². The molecule has 1 aromatic rings. The van der Waals surface area contributed by atoms with Gasteiger partial charge in [0.2, 0.25) is 0 Å². The first-order valence-corrected chi connectivity index (χ1v) is 6.49. The third-order valence-electron chi connectivity index (χ3n) is 1.99. The van der Waals surface area contributed by atoms with Crippen LogP contribution in [0.25, 0.3) is 0 Å². The van der Waals surface area contributed by atoms with Gasteiger partial charge in [0, 0.05) is 18.8 Å². The number of aliphatic hydroxyl groups excluding tert-OH is 1. The summed E-state index contributed by atoms with van der Waals surface area (Å²) in [6, 6.07) is 6.28. The minimum absolute atomic E-state index is 0.184. The molecule has 0 unspecified atom stereocenters. The molecule has 0 heterocycles. The molecule has 1 rings (SSSR count). The zero-order valence-electron chi connectivity index (χ0n) is 9.32. The molecular formula is C12H18O2S. The Labute approximate surface area is 95.7 Å². The molecular weight excluding hydrogens is 208 g/mol. The van der Waals surface area contributed by atoms with Gasteiger partial charge in [-0.2, -0.15) is 11.8 Å². The molecule has 0 aliphatic carbocycles. The smallest absolute Gasteiger partial charge is 0.119 e. The Hall–Kier alpha value is -0.670. The van der Waals surface area contributed by atoms with Crippen LogP contribution in [0.1, 0.15) is 17.5 Å². The third-order valence-corrected chi connectivity index (χ3v) is 2.61. The van der Waals surface area contributed by atoms with Crippen LogP contribution >= 0.6 is 11.8 Å². The highest BCUT2D eigenvalue weighted by molar-refractivity contribution is 7.97. The van der Waals surface area contributed by atoms with E-state index in [2.05, 4.69) is 25.3 Å². The standard InChI is InChI=1S/C12H18O2S/c1-10-6-11(9-15-2)8-12(7-10)14-5-3-4-13/h6-8,13H,3-5,9H2,1-2H3. The zero-order chi connectivity index (χ0) is 11.1. The van der Waals surface area contributed by atoms with E-state index in [1.165, 1.54) is 11.1 Å². The normalized spacial score (nSPS) is 10.3. The van der Waals surface area contributed by atoms with Gasteiger partial charge in [-0.15, -0.1) is 0 Å². The molecule has 0 saturated carbocycles. The van der Waals surface area contributed by atoms with Crippen molar-refractivity contribution in [3.63, 3.8) is 0 Å². The molecule has 0 saturated heterocycles. The van der Waals surface area contributed by atoms with Crippen LogP contribution in [0, 0.1) is 6.92 Å². The van der Waals surface area contributed by atoms with Crippen molar-refractivity contribution in [1.82, 2.24) is 0 Å². The molecule has 84 valence electrons. The van der Waals surface area contributed by atoms with Gasteiger partial charge in [-0.1, -0.05) is 6.07 Å². The van der Waals surface area contributed by atoms with Crippen LogP contribution in [-0.4, -0.2) is 24.6 Å². The van der Waals surface area contributed by atoms with Crippen molar-refractivity contribution >= 4 is 11.8 Å². The van der Waals surface area contributed by atoms with Crippen molar-refractivity contribution < 1.29 is 9.84 Å². The van der Waals surface area contributed by atoms with Crippen molar-refractivity contribution in [2.75, 3.05) is 19.5 Å². The van der Waals surface area contributed by atoms with Crippen molar-refractivity contribution in [2.24, 2.45) is 0 Å². The zero-order valence-corrected chi connectivity index (χ0v) is 10.1. The van der Waals surface area contributed by atoms with Crippen LogP contribution in [0.4, 0.5) is 0 Å². The maximum atomic E-state index is 8.65. The second kappa shape index (κ2) is 6.75. The van der Waals surface area contributed by atoms with Gasteiger partial charge in [-0.05, 0) is 36.4 Å². The van der Waals surface area contributed by atoms with E-state index in [1.807, 2.05) is 6.07 Å². The summed E-state index contributed by atoms with van der Waals surface area (Å²) in [4.78, 5) is 0. The lowest BCUT2D eigenvalue weighted by atomic mass is 10.1. The highest BCUT2D eigenvalue weighted by Gasteiger charge is 1.99. The minimum Gasteiger partial charge on any atom is -0.493 e. The van der Waals surface area contributed by atoms with Crippen molar-refractivity contribution in [3.05, 3.63) is 29.3 Å². The summed E-state index contributed by atoms with van der Waals surface area (Å²) in [6.45, 7) is 2.84. The van der Waals surface area contributed by atoms with Crippen LogP contribution in [0.5, 0.6) is 5.75 Å². The van der Waals surface area contributed by atoms with Gasteiger partial charge in [0.25, 0.3) is 0 Å². The van der Waals surface area contributed by atoms with Gasteiger partial charge < -0.3 is 9.84 Å². The average molecular weight is 226 g/mol. The van der Waals surface area contributed by atoms with Crippen LogP contribution < -0.4 is 4.74 Å². The Kier molecular flexibility index (Phi) is 5.58. The predicted octanol–water partition coefficient (Wildman–Crippen LogP) is 2.62. The number of hydrogen-bond acceptors (Lipinski definition) is 3. The first-order valence-electron chi connectivity index (χ1n) is 5.09.